The molecule has 2 aromatic rings. The van der Waals surface area contributed by atoms with E-state index in [1.165, 1.54) is 25.3 Å². The van der Waals surface area contributed by atoms with Gasteiger partial charge in [-0.25, -0.2) is 9.59 Å². The number of carbonyl (C=O) groups excluding carboxylic acids is 2. The highest BCUT2D eigenvalue weighted by Gasteiger charge is 2.26. The fourth-order valence-electron chi connectivity index (χ4n) is 2.71. The van der Waals surface area contributed by atoms with Crippen LogP contribution in [0.5, 0.6) is 5.75 Å². The van der Waals surface area contributed by atoms with Crippen LogP contribution in [0.2, 0.25) is 0 Å². The van der Waals surface area contributed by atoms with Crippen LogP contribution in [0.3, 0.4) is 0 Å². The average Bonchev–Trinajstić information content (AvgIpc) is 2.70. The van der Waals surface area contributed by atoms with Crippen LogP contribution < -0.4 is 10.1 Å². The van der Waals surface area contributed by atoms with Crippen molar-refractivity contribution in [3.05, 3.63) is 69.8 Å². The molecule has 0 aliphatic carbocycles. The van der Waals surface area contributed by atoms with Gasteiger partial charge < -0.3 is 19.5 Å². The quantitative estimate of drug-likeness (QED) is 0.385. The smallest absolute Gasteiger partial charge is 0.408 e. The molecule has 0 radical (unpaired) electrons. The highest BCUT2D eigenvalue weighted by Crippen LogP contribution is 2.29. The van der Waals surface area contributed by atoms with Gasteiger partial charge in [-0.3, -0.25) is 10.1 Å². The lowest BCUT2D eigenvalue weighted by Crippen LogP contribution is -2.45. The topological polar surface area (TPSA) is 117 Å². The van der Waals surface area contributed by atoms with Crippen molar-refractivity contribution in [1.29, 1.82) is 0 Å². The number of esters is 1. The molecule has 0 aromatic heterocycles. The maximum Gasteiger partial charge on any atom is 0.408 e. The third kappa shape index (κ3) is 7.61. The van der Waals surface area contributed by atoms with Crippen LogP contribution in [0, 0.1) is 10.1 Å². The molecule has 0 unspecified atom stereocenters. The SMILES string of the molecule is COC(=O)[C@H](Cc1ccc([N+](=O)[O-])c(OCc2ccccc2)c1)NC(=O)OC(C)(C)C. The van der Waals surface area contributed by atoms with Gasteiger partial charge in [0.05, 0.1) is 12.0 Å². The Bertz CT molecular complexity index is 923. The number of benzene rings is 2. The van der Waals surface area contributed by atoms with E-state index in [4.69, 9.17) is 14.2 Å². The van der Waals surface area contributed by atoms with Crippen LogP contribution in [-0.4, -0.2) is 35.7 Å². The Balaban J connectivity index is 2.21. The van der Waals surface area contributed by atoms with Crippen LogP contribution in [0.4, 0.5) is 10.5 Å². The van der Waals surface area contributed by atoms with Gasteiger partial charge in [0.1, 0.15) is 18.2 Å². The van der Waals surface area contributed by atoms with Crippen LogP contribution in [-0.2, 0) is 27.3 Å². The molecule has 9 nitrogen and oxygen atoms in total. The second-order valence-electron chi connectivity index (χ2n) is 7.76. The van der Waals surface area contributed by atoms with E-state index in [1.807, 2.05) is 30.3 Å². The lowest BCUT2D eigenvalue weighted by atomic mass is 10.0. The number of carbonyl (C=O) groups is 2. The zero-order chi connectivity index (χ0) is 23.0. The lowest BCUT2D eigenvalue weighted by Gasteiger charge is -2.22. The summed E-state index contributed by atoms with van der Waals surface area (Å²) < 4.78 is 15.6. The minimum Gasteiger partial charge on any atom is -0.482 e. The Kier molecular flexibility index (Phi) is 7.95. The molecule has 2 aromatic carbocycles. The number of nitro groups is 1. The van der Waals surface area contributed by atoms with E-state index in [0.29, 0.717) is 5.56 Å². The van der Waals surface area contributed by atoms with E-state index in [9.17, 15) is 19.7 Å². The van der Waals surface area contributed by atoms with Gasteiger partial charge in [0.15, 0.2) is 5.75 Å². The fourth-order valence-corrected chi connectivity index (χ4v) is 2.71. The van der Waals surface area contributed by atoms with Gasteiger partial charge in [-0.05, 0) is 38.0 Å². The summed E-state index contributed by atoms with van der Waals surface area (Å²) >= 11 is 0. The van der Waals surface area contributed by atoms with Crippen molar-refractivity contribution in [1.82, 2.24) is 5.32 Å². The van der Waals surface area contributed by atoms with Crippen LogP contribution in [0.15, 0.2) is 48.5 Å². The number of hydrogen-bond acceptors (Lipinski definition) is 7. The van der Waals surface area contributed by atoms with Gasteiger partial charge in [-0.2, -0.15) is 0 Å². The minimum absolute atomic E-state index is 0.0333. The number of nitrogens with zero attached hydrogens (tertiary/aromatic N) is 1. The minimum atomic E-state index is -1.04. The molecule has 0 spiro atoms. The molecule has 0 bridgehead atoms. The summed E-state index contributed by atoms with van der Waals surface area (Å²) in [4.78, 5) is 35.1. The molecule has 31 heavy (non-hydrogen) atoms. The molecule has 0 saturated heterocycles. The second kappa shape index (κ2) is 10.4. The van der Waals surface area contributed by atoms with Gasteiger partial charge >= 0.3 is 17.7 Å². The van der Waals surface area contributed by atoms with E-state index in [2.05, 4.69) is 5.32 Å². The first-order valence-electron chi connectivity index (χ1n) is 9.60. The number of methoxy groups -OCH3 is 1. The van der Waals surface area contributed by atoms with Gasteiger partial charge in [0.2, 0.25) is 0 Å². The number of alkyl carbamates (subject to hydrolysis) is 1. The number of nitrogens with one attached hydrogen (secondary N) is 1. The summed E-state index contributed by atoms with van der Waals surface area (Å²) in [6.45, 7) is 5.24. The Morgan fingerprint density at radius 3 is 2.35 bits per heavy atom. The Morgan fingerprint density at radius 2 is 1.77 bits per heavy atom. The highest BCUT2D eigenvalue weighted by molar-refractivity contribution is 5.81. The molecule has 9 heteroatoms. The standard InChI is InChI=1S/C22H26N2O7/c1-22(2,3)31-21(26)23-17(20(25)29-4)12-16-10-11-18(24(27)28)19(13-16)30-14-15-8-6-5-7-9-15/h5-11,13,17H,12,14H2,1-4H3,(H,23,26)/t17-/m0/s1. The van der Waals surface area contributed by atoms with Gasteiger partial charge in [-0.1, -0.05) is 36.4 Å². The van der Waals surface area contributed by atoms with Crippen molar-refractivity contribution in [2.45, 2.75) is 45.4 Å². The molecular weight excluding hydrogens is 404 g/mol. The highest BCUT2D eigenvalue weighted by atomic mass is 16.6. The number of amides is 1. The first-order valence-corrected chi connectivity index (χ1v) is 9.60. The molecule has 1 atom stereocenters. The summed E-state index contributed by atoms with van der Waals surface area (Å²) in [5.41, 5.74) is 0.451. The van der Waals surface area contributed by atoms with Gasteiger partial charge in [0.25, 0.3) is 0 Å². The largest absolute Gasteiger partial charge is 0.482 e. The molecule has 0 saturated carbocycles. The molecule has 0 aliphatic rings. The molecule has 166 valence electrons. The van der Waals surface area contributed by atoms with Crippen molar-refractivity contribution in [3.8, 4) is 5.75 Å². The predicted molar refractivity (Wildman–Crippen MR) is 113 cm³/mol. The first kappa shape index (κ1) is 23.7. The number of ether oxygens (including phenoxy) is 3. The molecule has 2 rings (SSSR count). The third-order valence-corrected chi connectivity index (χ3v) is 4.07. The van der Waals surface area contributed by atoms with E-state index in [-0.39, 0.29) is 24.5 Å². The third-order valence-electron chi connectivity index (χ3n) is 4.07. The Labute approximate surface area is 180 Å². The zero-order valence-electron chi connectivity index (χ0n) is 17.9. The first-order chi connectivity index (χ1) is 14.6. The van der Waals surface area contributed by atoms with Gasteiger partial charge in [-0.15, -0.1) is 0 Å². The van der Waals surface area contributed by atoms with Crippen LogP contribution in [0.25, 0.3) is 0 Å². The summed E-state index contributed by atoms with van der Waals surface area (Å²) in [6, 6.07) is 12.5. The van der Waals surface area contributed by atoms with E-state index in [0.717, 1.165) is 5.56 Å². The van der Waals surface area contributed by atoms with Crippen LogP contribution >= 0.6 is 0 Å². The molecule has 1 amide bonds. The summed E-state index contributed by atoms with van der Waals surface area (Å²) in [5.74, 6) is -0.608. The van der Waals surface area contributed by atoms with Gasteiger partial charge in [0, 0.05) is 12.5 Å². The summed E-state index contributed by atoms with van der Waals surface area (Å²) in [6.07, 6.45) is -0.739. The number of rotatable bonds is 8. The number of hydrogen-bond donors (Lipinski definition) is 1. The maximum absolute atomic E-state index is 12.2. The zero-order valence-corrected chi connectivity index (χ0v) is 17.9. The van der Waals surface area contributed by atoms with Crippen molar-refractivity contribution in [2.24, 2.45) is 0 Å². The molecular formula is C22H26N2O7. The Morgan fingerprint density at radius 1 is 1.10 bits per heavy atom. The maximum atomic E-state index is 12.2. The molecule has 0 aliphatic heterocycles. The Hall–Kier alpha value is -3.62. The van der Waals surface area contributed by atoms with Crippen LogP contribution in [0.1, 0.15) is 31.9 Å². The van der Waals surface area contributed by atoms with E-state index >= 15 is 0 Å². The van der Waals surface area contributed by atoms with Crippen molar-refractivity contribution < 1.29 is 28.7 Å². The van der Waals surface area contributed by atoms with E-state index < -0.39 is 28.6 Å². The normalized spacial score (nSPS) is 11.9. The lowest BCUT2D eigenvalue weighted by molar-refractivity contribution is -0.386. The molecule has 1 N–H and O–H groups in total. The molecule has 0 heterocycles. The van der Waals surface area contributed by atoms with Crippen molar-refractivity contribution in [2.75, 3.05) is 7.11 Å². The number of nitro benzene ring substituents is 1. The van der Waals surface area contributed by atoms with Crippen molar-refractivity contribution >= 4 is 17.7 Å². The summed E-state index contributed by atoms with van der Waals surface area (Å²) in [7, 11) is 1.20. The fraction of sp³-hybridized carbons (Fsp3) is 0.364. The van der Waals surface area contributed by atoms with E-state index in [1.54, 1.807) is 20.8 Å². The van der Waals surface area contributed by atoms with Crippen molar-refractivity contribution in [3.63, 3.8) is 0 Å². The summed E-state index contributed by atoms with van der Waals surface area (Å²) in [5, 5.41) is 13.9. The predicted octanol–water partition coefficient (Wildman–Crippen LogP) is 3.78. The molecule has 0 fully saturated rings. The monoisotopic (exact) mass is 430 g/mol. The average molecular weight is 430 g/mol. The second-order valence-corrected chi connectivity index (χ2v) is 7.76.